The fourth-order valence-corrected chi connectivity index (χ4v) is 2.05. The average Bonchev–Trinajstić information content (AvgIpc) is 2.67. The molecule has 2 aromatic rings. The molecular weight excluding hydrogens is 338 g/mol. The number of carbonyl (C=O) groups excluding carboxylic acids is 2. The van der Waals surface area contributed by atoms with Crippen LogP contribution in [-0.4, -0.2) is 36.6 Å². The van der Waals surface area contributed by atoms with Crippen LogP contribution < -0.4 is 25.1 Å². The van der Waals surface area contributed by atoms with Crippen molar-refractivity contribution in [3.63, 3.8) is 0 Å². The monoisotopic (exact) mass is 359 g/mol. The maximum absolute atomic E-state index is 12.1. The lowest BCUT2D eigenvalue weighted by Gasteiger charge is -2.15. The first-order valence-corrected chi connectivity index (χ1v) is 8.03. The molecule has 2 N–H and O–H groups in total. The molecule has 1 atom stereocenters. The Morgan fingerprint density at radius 2 is 1.81 bits per heavy atom. The van der Waals surface area contributed by atoms with Gasteiger partial charge in [0, 0.05) is 6.20 Å². The zero-order valence-electron chi connectivity index (χ0n) is 14.8. The smallest absolute Gasteiger partial charge is 0.279 e. The SMILES string of the molecule is CCOc1ccc(OC(C)C(=O)NNC(=O)c2cccnc2OC)cc1. The minimum absolute atomic E-state index is 0.165. The second kappa shape index (κ2) is 9.26. The summed E-state index contributed by atoms with van der Waals surface area (Å²) in [5.74, 6) is 0.343. The van der Waals surface area contributed by atoms with Gasteiger partial charge in [0.15, 0.2) is 6.10 Å². The summed E-state index contributed by atoms with van der Waals surface area (Å²) in [4.78, 5) is 28.1. The number of nitrogens with zero attached hydrogens (tertiary/aromatic N) is 1. The lowest BCUT2D eigenvalue weighted by molar-refractivity contribution is -0.128. The quantitative estimate of drug-likeness (QED) is 0.731. The van der Waals surface area contributed by atoms with E-state index in [2.05, 4.69) is 15.8 Å². The highest BCUT2D eigenvalue weighted by Crippen LogP contribution is 2.18. The van der Waals surface area contributed by atoms with Crippen LogP contribution in [0.1, 0.15) is 24.2 Å². The summed E-state index contributed by atoms with van der Waals surface area (Å²) >= 11 is 0. The van der Waals surface area contributed by atoms with Gasteiger partial charge in [-0.05, 0) is 50.2 Å². The maximum Gasteiger partial charge on any atom is 0.279 e. The number of hydrogen-bond donors (Lipinski definition) is 2. The predicted molar refractivity (Wildman–Crippen MR) is 94.1 cm³/mol. The average molecular weight is 359 g/mol. The normalized spacial score (nSPS) is 11.2. The van der Waals surface area contributed by atoms with E-state index in [1.54, 1.807) is 37.3 Å². The Balaban J connectivity index is 1.87. The Hall–Kier alpha value is -3.29. The van der Waals surface area contributed by atoms with E-state index in [1.165, 1.54) is 19.4 Å². The number of hydrazine groups is 1. The van der Waals surface area contributed by atoms with E-state index in [4.69, 9.17) is 14.2 Å². The van der Waals surface area contributed by atoms with Gasteiger partial charge in [-0.1, -0.05) is 0 Å². The van der Waals surface area contributed by atoms with Crippen LogP contribution in [0.3, 0.4) is 0 Å². The first-order chi connectivity index (χ1) is 12.5. The number of pyridine rings is 1. The van der Waals surface area contributed by atoms with Gasteiger partial charge in [-0.3, -0.25) is 20.4 Å². The number of nitrogens with one attached hydrogen (secondary N) is 2. The summed E-state index contributed by atoms with van der Waals surface area (Å²) in [6.07, 6.45) is 0.685. The zero-order valence-corrected chi connectivity index (χ0v) is 14.8. The maximum atomic E-state index is 12.1. The molecule has 1 aromatic heterocycles. The topological polar surface area (TPSA) is 98.8 Å². The Morgan fingerprint density at radius 3 is 2.46 bits per heavy atom. The van der Waals surface area contributed by atoms with Crippen LogP contribution in [-0.2, 0) is 4.79 Å². The molecular formula is C18H21N3O5. The molecule has 0 aliphatic heterocycles. The van der Waals surface area contributed by atoms with Gasteiger partial charge in [-0.25, -0.2) is 4.98 Å². The Morgan fingerprint density at radius 1 is 1.12 bits per heavy atom. The third kappa shape index (κ3) is 5.10. The predicted octanol–water partition coefficient (Wildman–Crippen LogP) is 1.72. The molecule has 1 unspecified atom stereocenters. The van der Waals surface area contributed by atoms with Crippen molar-refractivity contribution < 1.29 is 23.8 Å². The van der Waals surface area contributed by atoms with Crippen LogP contribution in [0.25, 0.3) is 0 Å². The summed E-state index contributed by atoms with van der Waals surface area (Å²) in [5, 5.41) is 0. The first-order valence-electron chi connectivity index (χ1n) is 8.03. The van der Waals surface area contributed by atoms with Crippen LogP contribution in [0.2, 0.25) is 0 Å². The second-order valence-corrected chi connectivity index (χ2v) is 5.17. The molecule has 26 heavy (non-hydrogen) atoms. The molecule has 0 aliphatic rings. The molecule has 1 heterocycles. The van der Waals surface area contributed by atoms with Crippen molar-refractivity contribution >= 4 is 11.8 Å². The first kappa shape index (κ1) is 19.0. The summed E-state index contributed by atoms with van der Waals surface area (Å²) in [6.45, 7) is 4.04. The largest absolute Gasteiger partial charge is 0.494 e. The van der Waals surface area contributed by atoms with Gasteiger partial charge in [-0.15, -0.1) is 0 Å². The summed E-state index contributed by atoms with van der Waals surface area (Å²) in [5.41, 5.74) is 4.82. The van der Waals surface area contributed by atoms with Crippen LogP contribution in [0.5, 0.6) is 17.4 Å². The Kier molecular flexibility index (Phi) is 6.78. The highest BCUT2D eigenvalue weighted by molar-refractivity contribution is 5.97. The molecule has 0 spiro atoms. The summed E-state index contributed by atoms with van der Waals surface area (Å²) in [7, 11) is 1.41. The van der Waals surface area contributed by atoms with E-state index in [9.17, 15) is 9.59 Å². The number of aromatic nitrogens is 1. The lowest BCUT2D eigenvalue weighted by atomic mass is 10.2. The van der Waals surface area contributed by atoms with Crippen molar-refractivity contribution in [2.24, 2.45) is 0 Å². The van der Waals surface area contributed by atoms with Gasteiger partial charge >= 0.3 is 0 Å². The van der Waals surface area contributed by atoms with Gasteiger partial charge in [0.05, 0.1) is 13.7 Å². The number of carbonyl (C=O) groups is 2. The van der Waals surface area contributed by atoms with Crippen LogP contribution in [0, 0.1) is 0 Å². The van der Waals surface area contributed by atoms with Crippen LogP contribution in [0.4, 0.5) is 0 Å². The molecule has 0 saturated carbocycles. The number of methoxy groups -OCH3 is 1. The zero-order chi connectivity index (χ0) is 18.9. The highest BCUT2D eigenvalue weighted by Gasteiger charge is 2.18. The molecule has 0 radical (unpaired) electrons. The van der Waals surface area contributed by atoms with Gasteiger partial charge in [0.2, 0.25) is 5.88 Å². The number of hydrogen-bond acceptors (Lipinski definition) is 6. The molecule has 0 aliphatic carbocycles. The van der Waals surface area contributed by atoms with Crippen LogP contribution >= 0.6 is 0 Å². The molecule has 2 amide bonds. The van der Waals surface area contributed by atoms with E-state index in [-0.39, 0.29) is 11.4 Å². The number of amides is 2. The standard InChI is InChI=1S/C18H21N3O5/c1-4-25-13-7-9-14(10-8-13)26-12(2)16(22)20-21-17(23)15-6-5-11-19-18(15)24-3/h5-12H,4H2,1-3H3,(H,20,22)(H,21,23). The molecule has 8 heteroatoms. The molecule has 138 valence electrons. The highest BCUT2D eigenvalue weighted by atomic mass is 16.5. The minimum atomic E-state index is -0.816. The van der Waals surface area contributed by atoms with Crippen molar-refractivity contribution in [2.45, 2.75) is 20.0 Å². The van der Waals surface area contributed by atoms with Crippen molar-refractivity contribution in [3.8, 4) is 17.4 Å². The van der Waals surface area contributed by atoms with E-state index in [0.29, 0.717) is 12.4 Å². The van der Waals surface area contributed by atoms with Crippen molar-refractivity contribution in [2.75, 3.05) is 13.7 Å². The third-order valence-electron chi connectivity index (χ3n) is 3.33. The van der Waals surface area contributed by atoms with Crippen molar-refractivity contribution in [1.82, 2.24) is 15.8 Å². The molecule has 1 aromatic carbocycles. The van der Waals surface area contributed by atoms with Gasteiger partial charge in [0.25, 0.3) is 11.8 Å². The fraction of sp³-hybridized carbons (Fsp3) is 0.278. The van der Waals surface area contributed by atoms with Crippen molar-refractivity contribution in [3.05, 3.63) is 48.2 Å². The van der Waals surface area contributed by atoms with Gasteiger partial charge < -0.3 is 14.2 Å². The number of ether oxygens (including phenoxy) is 3. The fourth-order valence-electron chi connectivity index (χ4n) is 2.05. The summed E-state index contributed by atoms with van der Waals surface area (Å²) < 4.78 is 15.9. The van der Waals surface area contributed by atoms with E-state index in [1.807, 2.05) is 6.92 Å². The molecule has 0 saturated heterocycles. The van der Waals surface area contributed by atoms with E-state index < -0.39 is 17.9 Å². The molecule has 0 bridgehead atoms. The summed E-state index contributed by atoms with van der Waals surface area (Å²) in [6, 6.07) is 10.0. The molecule has 8 nitrogen and oxygen atoms in total. The van der Waals surface area contributed by atoms with E-state index >= 15 is 0 Å². The second-order valence-electron chi connectivity index (χ2n) is 5.17. The van der Waals surface area contributed by atoms with Crippen LogP contribution in [0.15, 0.2) is 42.6 Å². The Bertz CT molecular complexity index is 749. The number of benzene rings is 1. The third-order valence-corrected chi connectivity index (χ3v) is 3.33. The Labute approximate surface area is 151 Å². The number of rotatable bonds is 7. The minimum Gasteiger partial charge on any atom is -0.494 e. The lowest BCUT2D eigenvalue weighted by Crippen LogP contribution is -2.47. The van der Waals surface area contributed by atoms with Gasteiger partial charge in [-0.2, -0.15) is 0 Å². The van der Waals surface area contributed by atoms with Crippen molar-refractivity contribution in [1.29, 1.82) is 0 Å². The van der Waals surface area contributed by atoms with E-state index in [0.717, 1.165) is 5.75 Å². The molecule has 0 fully saturated rings. The molecule has 2 rings (SSSR count). The van der Waals surface area contributed by atoms with Gasteiger partial charge in [0.1, 0.15) is 17.1 Å².